The highest BCUT2D eigenvalue weighted by molar-refractivity contribution is 5.72. The van der Waals surface area contributed by atoms with E-state index in [9.17, 15) is 4.79 Å². The Labute approximate surface area is 94.8 Å². The van der Waals surface area contributed by atoms with Crippen LogP contribution in [-0.4, -0.2) is 18.1 Å². The minimum atomic E-state index is -0.341. The summed E-state index contributed by atoms with van der Waals surface area (Å²) >= 11 is 0. The molecule has 0 aliphatic rings. The van der Waals surface area contributed by atoms with E-state index in [0.29, 0.717) is 5.82 Å². The second-order valence-electron chi connectivity index (χ2n) is 3.38. The standard InChI is InChI=1S/C12H14N2O2/c1-8-7-11(13)14-9(2)10(8)5-4-6-12(15)16-3/h7H,6H2,1-3H3,(H2,13,14). The minimum Gasteiger partial charge on any atom is -0.468 e. The molecular weight excluding hydrogens is 204 g/mol. The molecule has 0 radical (unpaired) electrons. The Kier molecular flexibility index (Phi) is 3.90. The van der Waals surface area contributed by atoms with Gasteiger partial charge in [0.2, 0.25) is 0 Å². The Balaban J connectivity index is 2.93. The number of hydrogen-bond donors (Lipinski definition) is 1. The fourth-order valence-electron chi connectivity index (χ4n) is 1.33. The highest BCUT2D eigenvalue weighted by atomic mass is 16.5. The molecule has 1 rings (SSSR count). The molecule has 0 saturated carbocycles. The summed E-state index contributed by atoms with van der Waals surface area (Å²) in [5, 5.41) is 0. The van der Waals surface area contributed by atoms with Crippen molar-refractivity contribution < 1.29 is 9.53 Å². The summed E-state index contributed by atoms with van der Waals surface area (Å²) in [6.07, 6.45) is 0.0831. The second kappa shape index (κ2) is 5.17. The van der Waals surface area contributed by atoms with Crippen LogP contribution in [-0.2, 0) is 9.53 Å². The van der Waals surface area contributed by atoms with Gasteiger partial charge in [-0.15, -0.1) is 0 Å². The Morgan fingerprint density at radius 3 is 2.81 bits per heavy atom. The SMILES string of the molecule is COC(=O)CC#Cc1c(C)cc(N)nc1C. The van der Waals surface area contributed by atoms with Crippen molar-refractivity contribution in [2.45, 2.75) is 20.3 Å². The van der Waals surface area contributed by atoms with Gasteiger partial charge in [0.05, 0.1) is 12.8 Å². The summed E-state index contributed by atoms with van der Waals surface area (Å²) in [5.74, 6) is 5.79. The summed E-state index contributed by atoms with van der Waals surface area (Å²) in [7, 11) is 1.34. The maximum atomic E-state index is 10.9. The van der Waals surface area contributed by atoms with E-state index in [-0.39, 0.29) is 12.4 Å². The molecule has 1 aromatic rings. The molecule has 0 spiro atoms. The number of carbonyl (C=O) groups excluding carboxylic acids is 1. The molecule has 0 aliphatic heterocycles. The summed E-state index contributed by atoms with van der Waals surface area (Å²) in [4.78, 5) is 15.0. The molecule has 0 aromatic carbocycles. The first-order chi connectivity index (χ1) is 7.54. The number of esters is 1. The zero-order chi connectivity index (χ0) is 12.1. The molecule has 0 bridgehead atoms. The zero-order valence-electron chi connectivity index (χ0n) is 9.63. The van der Waals surface area contributed by atoms with Crippen LogP contribution in [0.1, 0.15) is 23.2 Å². The number of aryl methyl sites for hydroxylation is 2. The van der Waals surface area contributed by atoms with Crippen LogP contribution >= 0.6 is 0 Å². The van der Waals surface area contributed by atoms with Gasteiger partial charge in [-0.05, 0) is 25.5 Å². The number of pyridine rings is 1. The topological polar surface area (TPSA) is 65.2 Å². The number of nitrogen functional groups attached to an aromatic ring is 1. The number of hydrogen-bond acceptors (Lipinski definition) is 4. The lowest BCUT2D eigenvalue weighted by molar-refractivity contribution is -0.139. The average molecular weight is 218 g/mol. The van der Waals surface area contributed by atoms with E-state index in [0.717, 1.165) is 16.8 Å². The second-order valence-corrected chi connectivity index (χ2v) is 3.38. The van der Waals surface area contributed by atoms with Crippen LogP contribution in [0.25, 0.3) is 0 Å². The first-order valence-electron chi connectivity index (χ1n) is 4.84. The van der Waals surface area contributed by atoms with Gasteiger partial charge in [-0.1, -0.05) is 11.8 Å². The first kappa shape index (κ1) is 12.1. The predicted octanol–water partition coefficient (Wildman–Crippen LogP) is 1.20. The molecule has 4 nitrogen and oxygen atoms in total. The fraction of sp³-hybridized carbons (Fsp3) is 0.333. The largest absolute Gasteiger partial charge is 0.468 e. The van der Waals surface area contributed by atoms with E-state index >= 15 is 0 Å². The van der Waals surface area contributed by atoms with Gasteiger partial charge < -0.3 is 10.5 Å². The number of aromatic nitrogens is 1. The maximum absolute atomic E-state index is 10.9. The molecule has 16 heavy (non-hydrogen) atoms. The Morgan fingerprint density at radius 2 is 2.25 bits per heavy atom. The van der Waals surface area contributed by atoms with Gasteiger partial charge in [0, 0.05) is 5.56 Å². The van der Waals surface area contributed by atoms with E-state index in [2.05, 4.69) is 21.6 Å². The van der Waals surface area contributed by atoms with Crippen LogP contribution in [0, 0.1) is 25.7 Å². The van der Waals surface area contributed by atoms with Crippen molar-refractivity contribution in [3.05, 3.63) is 22.9 Å². The minimum absolute atomic E-state index is 0.0831. The smallest absolute Gasteiger partial charge is 0.317 e. The van der Waals surface area contributed by atoms with Crippen molar-refractivity contribution in [1.29, 1.82) is 0 Å². The van der Waals surface area contributed by atoms with Crippen LogP contribution in [0.4, 0.5) is 5.82 Å². The molecule has 1 aromatic heterocycles. The van der Waals surface area contributed by atoms with Crippen molar-refractivity contribution in [1.82, 2.24) is 4.98 Å². The number of ether oxygens (including phenoxy) is 1. The summed E-state index contributed by atoms with van der Waals surface area (Å²) < 4.78 is 4.49. The lowest BCUT2D eigenvalue weighted by Crippen LogP contribution is -1.99. The molecule has 0 fully saturated rings. The highest BCUT2D eigenvalue weighted by Gasteiger charge is 2.02. The molecule has 0 unspecified atom stereocenters. The Hall–Kier alpha value is -2.02. The predicted molar refractivity (Wildman–Crippen MR) is 61.6 cm³/mol. The summed E-state index contributed by atoms with van der Waals surface area (Å²) in [6.45, 7) is 3.75. The van der Waals surface area contributed by atoms with E-state index in [1.54, 1.807) is 6.07 Å². The number of methoxy groups -OCH3 is 1. The highest BCUT2D eigenvalue weighted by Crippen LogP contribution is 2.13. The summed E-state index contributed by atoms with van der Waals surface area (Å²) in [5.41, 5.74) is 8.14. The monoisotopic (exact) mass is 218 g/mol. The molecule has 0 amide bonds. The molecule has 0 aliphatic carbocycles. The molecule has 4 heteroatoms. The van der Waals surface area contributed by atoms with Gasteiger partial charge in [0.1, 0.15) is 12.2 Å². The lowest BCUT2D eigenvalue weighted by Gasteiger charge is -2.03. The van der Waals surface area contributed by atoms with Crippen molar-refractivity contribution in [3.63, 3.8) is 0 Å². The molecule has 84 valence electrons. The third-order valence-corrected chi connectivity index (χ3v) is 2.09. The Morgan fingerprint density at radius 1 is 1.56 bits per heavy atom. The van der Waals surface area contributed by atoms with Crippen LogP contribution < -0.4 is 5.73 Å². The Bertz CT molecular complexity index is 447. The van der Waals surface area contributed by atoms with Gasteiger partial charge in [-0.2, -0.15) is 0 Å². The molecule has 0 saturated heterocycles. The van der Waals surface area contributed by atoms with Crippen molar-refractivity contribution in [2.24, 2.45) is 0 Å². The third kappa shape index (κ3) is 2.99. The fourth-order valence-corrected chi connectivity index (χ4v) is 1.33. The number of rotatable bonds is 1. The van der Waals surface area contributed by atoms with Gasteiger partial charge in [0.15, 0.2) is 0 Å². The maximum Gasteiger partial charge on any atom is 0.317 e. The van der Waals surface area contributed by atoms with E-state index in [1.807, 2.05) is 13.8 Å². The molecular formula is C12H14N2O2. The molecule has 0 atom stereocenters. The van der Waals surface area contributed by atoms with E-state index in [4.69, 9.17) is 5.73 Å². The van der Waals surface area contributed by atoms with Crippen molar-refractivity contribution in [2.75, 3.05) is 12.8 Å². The normalized spacial score (nSPS) is 9.19. The summed E-state index contributed by atoms with van der Waals surface area (Å²) in [6, 6.07) is 1.76. The quantitative estimate of drug-likeness (QED) is 0.568. The van der Waals surface area contributed by atoms with Crippen LogP contribution in [0.5, 0.6) is 0 Å². The average Bonchev–Trinajstić information content (AvgIpc) is 2.21. The van der Waals surface area contributed by atoms with Gasteiger partial charge >= 0.3 is 5.97 Å². The van der Waals surface area contributed by atoms with Crippen LogP contribution in [0.15, 0.2) is 6.07 Å². The van der Waals surface area contributed by atoms with Crippen LogP contribution in [0.3, 0.4) is 0 Å². The van der Waals surface area contributed by atoms with Crippen LogP contribution in [0.2, 0.25) is 0 Å². The lowest BCUT2D eigenvalue weighted by atomic mass is 10.1. The zero-order valence-corrected chi connectivity index (χ0v) is 9.63. The third-order valence-electron chi connectivity index (χ3n) is 2.09. The number of nitrogens with two attached hydrogens (primary N) is 1. The first-order valence-corrected chi connectivity index (χ1v) is 4.84. The van der Waals surface area contributed by atoms with Crippen molar-refractivity contribution in [3.8, 4) is 11.8 Å². The number of nitrogens with zero attached hydrogens (tertiary/aromatic N) is 1. The molecule has 2 N–H and O–H groups in total. The van der Waals surface area contributed by atoms with Gasteiger partial charge in [-0.3, -0.25) is 4.79 Å². The van der Waals surface area contributed by atoms with E-state index in [1.165, 1.54) is 7.11 Å². The number of anilines is 1. The van der Waals surface area contributed by atoms with Gasteiger partial charge in [-0.25, -0.2) is 4.98 Å². The molecule has 1 heterocycles. The van der Waals surface area contributed by atoms with E-state index < -0.39 is 0 Å². The van der Waals surface area contributed by atoms with Crippen molar-refractivity contribution >= 4 is 11.8 Å². The van der Waals surface area contributed by atoms with Gasteiger partial charge in [0.25, 0.3) is 0 Å². The number of carbonyl (C=O) groups is 1.